The van der Waals surface area contributed by atoms with Crippen molar-refractivity contribution in [1.82, 2.24) is 10.2 Å². The van der Waals surface area contributed by atoms with E-state index in [-0.39, 0.29) is 18.0 Å². The van der Waals surface area contributed by atoms with Crippen LogP contribution in [0.25, 0.3) is 0 Å². The number of benzene rings is 1. The second kappa shape index (κ2) is 8.79. The van der Waals surface area contributed by atoms with Gasteiger partial charge in [0, 0.05) is 31.6 Å². The highest BCUT2D eigenvalue weighted by atomic mass is 16.5. The van der Waals surface area contributed by atoms with Crippen molar-refractivity contribution in [2.24, 2.45) is 0 Å². The first-order valence-electron chi connectivity index (χ1n) is 9.22. The summed E-state index contributed by atoms with van der Waals surface area (Å²) < 4.78 is 10.6. The van der Waals surface area contributed by atoms with Gasteiger partial charge in [0.05, 0.1) is 19.1 Å². The van der Waals surface area contributed by atoms with E-state index in [1.54, 1.807) is 42.3 Å². The number of carbonyl (C=O) groups excluding carboxylic acids is 2. The zero-order valence-corrected chi connectivity index (χ0v) is 16.0. The molecule has 1 saturated heterocycles. The van der Waals surface area contributed by atoms with E-state index in [9.17, 15) is 14.7 Å². The molecule has 0 saturated carbocycles. The Labute approximate surface area is 163 Å². The molecular weight excluding hydrogens is 362 g/mol. The summed E-state index contributed by atoms with van der Waals surface area (Å²) in [6, 6.07) is 7.91. The van der Waals surface area contributed by atoms with Crippen LogP contribution in [-0.4, -0.2) is 48.7 Å². The number of rotatable bonds is 6. The van der Waals surface area contributed by atoms with Gasteiger partial charge in [0.1, 0.15) is 17.6 Å². The lowest BCUT2D eigenvalue weighted by Crippen LogP contribution is -2.39. The van der Waals surface area contributed by atoms with Crippen LogP contribution in [-0.2, 0) is 0 Å². The highest BCUT2D eigenvalue weighted by Crippen LogP contribution is 2.30. The van der Waals surface area contributed by atoms with Gasteiger partial charge in [0.15, 0.2) is 0 Å². The smallest absolute Gasteiger partial charge is 0.322 e. The lowest BCUT2D eigenvalue weighted by Gasteiger charge is -2.26. The highest BCUT2D eigenvalue weighted by Gasteiger charge is 2.31. The molecule has 1 aromatic carbocycles. The number of furan rings is 1. The summed E-state index contributed by atoms with van der Waals surface area (Å²) in [5.74, 6) is 0.707. The minimum absolute atomic E-state index is 0.104. The van der Waals surface area contributed by atoms with Gasteiger partial charge in [-0.1, -0.05) is 0 Å². The fourth-order valence-corrected chi connectivity index (χ4v) is 3.48. The average Bonchev–Trinajstić information content (AvgIpc) is 3.39. The third kappa shape index (κ3) is 4.28. The SMILES string of the molecule is CNC(=O)c1ccc(OC)c(NC(=O)N2CCCC2CC(O)c2ccco2)c1. The molecule has 1 aliphatic rings. The molecule has 3 rings (SSSR count). The normalized spacial score (nSPS) is 17.2. The second-order valence-electron chi connectivity index (χ2n) is 6.68. The molecule has 0 bridgehead atoms. The number of likely N-dealkylation sites (tertiary alicyclic amines) is 1. The van der Waals surface area contributed by atoms with Gasteiger partial charge in [-0.2, -0.15) is 0 Å². The van der Waals surface area contributed by atoms with Crippen molar-refractivity contribution < 1.29 is 23.8 Å². The Kier molecular flexibility index (Phi) is 6.20. The van der Waals surface area contributed by atoms with E-state index >= 15 is 0 Å². The van der Waals surface area contributed by atoms with E-state index in [0.717, 1.165) is 12.8 Å². The zero-order chi connectivity index (χ0) is 20.1. The number of aliphatic hydroxyl groups excluding tert-OH is 1. The van der Waals surface area contributed by atoms with Crippen LogP contribution in [0.3, 0.4) is 0 Å². The number of hydrogen-bond donors (Lipinski definition) is 3. The molecule has 8 nitrogen and oxygen atoms in total. The number of aliphatic hydroxyl groups is 1. The van der Waals surface area contributed by atoms with Crippen LogP contribution in [0.1, 0.15) is 41.5 Å². The van der Waals surface area contributed by atoms with E-state index in [2.05, 4.69) is 10.6 Å². The van der Waals surface area contributed by atoms with Crippen LogP contribution >= 0.6 is 0 Å². The van der Waals surface area contributed by atoms with Crippen LogP contribution in [0.2, 0.25) is 0 Å². The number of nitrogens with one attached hydrogen (secondary N) is 2. The van der Waals surface area contributed by atoms with Gasteiger partial charge in [-0.25, -0.2) is 4.79 Å². The molecule has 28 heavy (non-hydrogen) atoms. The Bertz CT molecular complexity index is 821. The molecule has 2 aromatic rings. The van der Waals surface area contributed by atoms with Gasteiger partial charge in [0.2, 0.25) is 0 Å². The Balaban J connectivity index is 1.72. The molecule has 1 aromatic heterocycles. The Morgan fingerprint density at radius 1 is 1.39 bits per heavy atom. The number of carbonyl (C=O) groups is 2. The molecule has 1 fully saturated rings. The van der Waals surface area contributed by atoms with Crippen LogP contribution in [0.4, 0.5) is 10.5 Å². The molecule has 2 atom stereocenters. The van der Waals surface area contributed by atoms with Crippen molar-refractivity contribution in [2.45, 2.75) is 31.4 Å². The van der Waals surface area contributed by atoms with Gasteiger partial charge in [-0.3, -0.25) is 4.79 Å². The molecular formula is C20H25N3O5. The van der Waals surface area contributed by atoms with Gasteiger partial charge in [-0.05, 0) is 43.2 Å². The summed E-state index contributed by atoms with van der Waals surface area (Å²) in [6.07, 6.45) is 2.82. The molecule has 0 aliphatic carbocycles. The van der Waals surface area contributed by atoms with Crippen molar-refractivity contribution >= 4 is 17.6 Å². The maximum absolute atomic E-state index is 12.9. The minimum Gasteiger partial charge on any atom is -0.495 e. The average molecular weight is 387 g/mol. The Hall–Kier alpha value is -3.00. The third-order valence-corrected chi connectivity index (χ3v) is 4.94. The zero-order valence-electron chi connectivity index (χ0n) is 16.0. The van der Waals surface area contributed by atoms with E-state index in [4.69, 9.17) is 9.15 Å². The predicted molar refractivity (Wildman–Crippen MR) is 103 cm³/mol. The first-order valence-corrected chi connectivity index (χ1v) is 9.22. The summed E-state index contributed by atoms with van der Waals surface area (Å²) in [4.78, 5) is 26.5. The lowest BCUT2D eigenvalue weighted by molar-refractivity contribution is 0.0962. The number of anilines is 1. The molecule has 8 heteroatoms. The fraction of sp³-hybridized carbons (Fsp3) is 0.400. The van der Waals surface area contributed by atoms with Crippen LogP contribution < -0.4 is 15.4 Å². The second-order valence-corrected chi connectivity index (χ2v) is 6.68. The number of methoxy groups -OCH3 is 1. The van der Waals surface area contributed by atoms with Crippen molar-refractivity contribution in [3.05, 3.63) is 47.9 Å². The predicted octanol–water partition coefficient (Wildman–Crippen LogP) is 2.77. The first-order chi connectivity index (χ1) is 13.5. The van der Waals surface area contributed by atoms with Crippen molar-refractivity contribution in [3.8, 4) is 5.75 Å². The van der Waals surface area contributed by atoms with Crippen molar-refractivity contribution in [3.63, 3.8) is 0 Å². The van der Waals surface area contributed by atoms with Crippen LogP contribution in [0, 0.1) is 0 Å². The molecule has 2 unspecified atom stereocenters. The van der Waals surface area contributed by atoms with Crippen LogP contribution in [0.5, 0.6) is 5.75 Å². The molecule has 1 aliphatic heterocycles. The summed E-state index contributed by atoms with van der Waals surface area (Å²) in [5.41, 5.74) is 0.843. The summed E-state index contributed by atoms with van der Waals surface area (Å²) in [5, 5.41) is 15.7. The van der Waals surface area contributed by atoms with Gasteiger partial charge in [-0.15, -0.1) is 0 Å². The highest BCUT2D eigenvalue weighted by molar-refractivity contribution is 5.98. The summed E-state index contributed by atoms with van der Waals surface area (Å²) >= 11 is 0. The molecule has 0 radical (unpaired) electrons. The molecule has 3 N–H and O–H groups in total. The number of hydrogen-bond acceptors (Lipinski definition) is 5. The van der Waals surface area contributed by atoms with E-state index < -0.39 is 6.10 Å². The monoisotopic (exact) mass is 387 g/mol. The standard InChI is InChI=1S/C20H25N3O5/c1-21-19(25)13-7-8-17(27-2)15(11-13)22-20(26)23-9-3-5-14(23)12-16(24)18-6-4-10-28-18/h4,6-8,10-11,14,16,24H,3,5,9,12H2,1-2H3,(H,21,25)(H,22,26). The largest absolute Gasteiger partial charge is 0.495 e. The molecule has 150 valence electrons. The van der Waals surface area contributed by atoms with Gasteiger partial charge < -0.3 is 29.8 Å². The number of ether oxygens (including phenoxy) is 1. The molecule has 0 spiro atoms. The summed E-state index contributed by atoms with van der Waals surface area (Å²) in [6.45, 7) is 0.596. The Morgan fingerprint density at radius 2 is 2.21 bits per heavy atom. The van der Waals surface area contributed by atoms with Gasteiger partial charge >= 0.3 is 6.03 Å². The maximum atomic E-state index is 12.9. The third-order valence-electron chi connectivity index (χ3n) is 4.94. The Morgan fingerprint density at radius 3 is 2.89 bits per heavy atom. The van der Waals surface area contributed by atoms with E-state index in [1.807, 2.05) is 0 Å². The minimum atomic E-state index is -0.764. The maximum Gasteiger partial charge on any atom is 0.322 e. The molecule has 3 amide bonds. The van der Waals surface area contributed by atoms with Crippen LogP contribution in [0.15, 0.2) is 41.0 Å². The topological polar surface area (TPSA) is 104 Å². The number of nitrogens with zero attached hydrogens (tertiary/aromatic N) is 1. The first kappa shape index (κ1) is 19.8. The molecule has 2 heterocycles. The van der Waals surface area contributed by atoms with Crippen molar-refractivity contribution in [1.29, 1.82) is 0 Å². The van der Waals surface area contributed by atoms with Crippen molar-refractivity contribution in [2.75, 3.05) is 26.0 Å². The quantitative estimate of drug-likeness (QED) is 0.707. The van der Waals surface area contributed by atoms with Gasteiger partial charge in [0.25, 0.3) is 5.91 Å². The van der Waals surface area contributed by atoms with E-state index in [1.165, 1.54) is 13.4 Å². The van der Waals surface area contributed by atoms with E-state index in [0.29, 0.717) is 35.7 Å². The summed E-state index contributed by atoms with van der Waals surface area (Å²) in [7, 11) is 3.05. The fourth-order valence-electron chi connectivity index (χ4n) is 3.48. The number of amides is 3. The number of urea groups is 1. The lowest BCUT2D eigenvalue weighted by atomic mass is 10.1.